The second-order valence-electron chi connectivity index (χ2n) is 6.56. The molecular formula is C21H17N3O3. The molecule has 0 fully saturated rings. The van der Waals surface area contributed by atoms with E-state index in [1.807, 2.05) is 37.3 Å². The molecule has 0 radical (unpaired) electrons. The van der Waals surface area contributed by atoms with Crippen LogP contribution >= 0.6 is 0 Å². The Hall–Kier alpha value is -3.59. The fourth-order valence-corrected chi connectivity index (χ4v) is 3.32. The van der Waals surface area contributed by atoms with Crippen molar-refractivity contribution in [3.63, 3.8) is 0 Å². The van der Waals surface area contributed by atoms with Gasteiger partial charge in [-0.3, -0.25) is 0 Å². The van der Waals surface area contributed by atoms with Crippen LogP contribution in [0.1, 0.15) is 23.1 Å². The van der Waals surface area contributed by atoms with Crippen molar-refractivity contribution in [2.45, 2.75) is 13.3 Å². The van der Waals surface area contributed by atoms with E-state index in [-0.39, 0.29) is 0 Å². The third-order valence-electron chi connectivity index (χ3n) is 4.79. The summed E-state index contributed by atoms with van der Waals surface area (Å²) in [5, 5.41) is 18.1. The summed E-state index contributed by atoms with van der Waals surface area (Å²) in [6, 6.07) is 13.5. The fourth-order valence-electron chi connectivity index (χ4n) is 3.32. The van der Waals surface area contributed by atoms with E-state index in [1.165, 1.54) is 4.90 Å². The number of hydrogen-bond acceptors (Lipinski definition) is 4. The van der Waals surface area contributed by atoms with Crippen LogP contribution in [-0.2, 0) is 0 Å². The minimum absolute atomic E-state index is 0.415. The number of hydrogen-bond donors (Lipinski definition) is 1. The molecule has 2 aromatic carbocycles. The van der Waals surface area contributed by atoms with Crippen molar-refractivity contribution in [2.24, 2.45) is 0 Å². The van der Waals surface area contributed by atoms with Crippen LogP contribution in [0.15, 0.2) is 46.9 Å². The van der Waals surface area contributed by atoms with Gasteiger partial charge in [0.1, 0.15) is 5.52 Å². The molecular weight excluding hydrogens is 342 g/mol. The zero-order chi connectivity index (χ0) is 19.0. The van der Waals surface area contributed by atoms with Crippen molar-refractivity contribution in [1.29, 1.82) is 5.26 Å². The Labute approximate surface area is 156 Å². The molecule has 0 aliphatic carbocycles. The lowest BCUT2D eigenvalue weighted by Gasteiger charge is -2.23. The summed E-state index contributed by atoms with van der Waals surface area (Å²) in [4.78, 5) is 16.9. The summed E-state index contributed by atoms with van der Waals surface area (Å²) in [6.07, 6.45) is 1.77. The minimum atomic E-state index is -0.883. The lowest BCUT2D eigenvalue weighted by atomic mass is 9.98. The van der Waals surface area contributed by atoms with Gasteiger partial charge in [-0.05, 0) is 54.3 Å². The van der Waals surface area contributed by atoms with E-state index < -0.39 is 6.09 Å². The number of nitriles is 1. The molecule has 1 aliphatic heterocycles. The highest BCUT2D eigenvalue weighted by Crippen LogP contribution is 2.29. The number of fused-ring (bicyclic) bond motifs is 1. The maximum absolute atomic E-state index is 11.0. The summed E-state index contributed by atoms with van der Waals surface area (Å²) in [5.74, 6) is 0.518. The third-order valence-corrected chi connectivity index (χ3v) is 4.79. The van der Waals surface area contributed by atoms with Gasteiger partial charge >= 0.3 is 6.09 Å². The number of amides is 1. The molecule has 0 atom stereocenters. The summed E-state index contributed by atoms with van der Waals surface area (Å²) >= 11 is 0. The van der Waals surface area contributed by atoms with Gasteiger partial charge in [-0.15, -0.1) is 0 Å². The first-order valence-corrected chi connectivity index (χ1v) is 8.64. The van der Waals surface area contributed by atoms with Crippen LogP contribution in [0, 0.1) is 18.3 Å². The van der Waals surface area contributed by atoms with Crippen LogP contribution in [0.3, 0.4) is 0 Å². The molecule has 0 unspecified atom stereocenters. The number of aryl methyl sites for hydroxylation is 1. The highest BCUT2D eigenvalue weighted by molar-refractivity contribution is 5.81. The molecule has 4 rings (SSSR count). The highest BCUT2D eigenvalue weighted by Gasteiger charge is 2.17. The van der Waals surface area contributed by atoms with E-state index in [9.17, 15) is 4.79 Å². The standard InChI is InChI=1S/C21H17N3O3/c1-13-10-14(12-22)11-18-19(13)27-20(23-18)17-4-2-15(3-5-17)16-6-8-24(9-7-16)21(25)26/h2-6,10-11H,7-9H2,1H3,(H,25,26). The van der Waals surface area contributed by atoms with Crippen LogP contribution in [0.2, 0.25) is 0 Å². The average molecular weight is 359 g/mol. The van der Waals surface area contributed by atoms with Crippen LogP contribution in [0.4, 0.5) is 4.79 Å². The van der Waals surface area contributed by atoms with Crippen molar-refractivity contribution in [3.8, 4) is 17.5 Å². The second-order valence-corrected chi connectivity index (χ2v) is 6.56. The molecule has 6 nitrogen and oxygen atoms in total. The lowest BCUT2D eigenvalue weighted by molar-refractivity contribution is 0.150. The molecule has 0 bridgehead atoms. The van der Waals surface area contributed by atoms with Crippen LogP contribution in [0.25, 0.3) is 28.1 Å². The van der Waals surface area contributed by atoms with Gasteiger partial charge in [0.05, 0.1) is 11.6 Å². The monoisotopic (exact) mass is 359 g/mol. The summed E-state index contributed by atoms with van der Waals surface area (Å²) in [5.41, 5.74) is 5.89. The quantitative estimate of drug-likeness (QED) is 0.730. The van der Waals surface area contributed by atoms with E-state index in [1.54, 1.807) is 12.1 Å². The predicted octanol–water partition coefficient (Wildman–Crippen LogP) is 4.44. The molecule has 1 N–H and O–H groups in total. The minimum Gasteiger partial charge on any atom is -0.465 e. The number of benzene rings is 2. The predicted molar refractivity (Wildman–Crippen MR) is 101 cm³/mol. The van der Waals surface area contributed by atoms with Gasteiger partial charge in [0.2, 0.25) is 5.89 Å². The summed E-state index contributed by atoms with van der Waals surface area (Å²) in [7, 11) is 0. The Morgan fingerprint density at radius 1 is 1.26 bits per heavy atom. The number of carboxylic acid groups (broad SMARTS) is 1. The van der Waals surface area contributed by atoms with Crippen molar-refractivity contribution >= 4 is 22.8 Å². The highest BCUT2D eigenvalue weighted by atomic mass is 16.4. The molecule has 1 aromatic heterocycles. The topological polar surface area (TPSA) is 90.4 Å². The van der Waals surface area contributed by atoms with Gasteiger partial charge in [-0.25, -0.2) is 9.78 Å². The average Bonchev–Trinajstić information content (AvgIpc) is 3.13. The third kappa shape index (κ3) is 3.15. The molecule has 6 heteroatoms. The van der Waals surface area contributed by atoms with Crippen LogP contribution < -0.4 is 0 Å². The molecule has 0 spiro atoms. The molecule has 1 amide bonds. The van der Waals surface area contributed by atoms with Crippen molar-refractivity contribution in [2.75, 3.05) is 13.1 Å². The largest absolute Gasteiger partial charge is 0.465 e. The van der Waals surface area contributed by atoms with E-state index in [4.69, 9.17) is 14.8 Å². The first-order chi connectivity index (χ1) is 13.0. The van der Waals surface area contributed by atoms with Crippen LogP contribution in [0.5, 0.6) is 0 Å². The zero-order valence-electron chi connectivity index (χ0n) is 14.8. The van der Waals surface area contributed by atoms with Crippen LogP contribution in [-0.4, -0.2) is 34.2 Å². The first-order valence-electron chi connectivity index (χ1n) is 8.64. The Balaban J connectivity index is 1.61. The molecule has 3 aromatic rings. The van der Waals surface area contributed by atoms with Gasteiger partial charge in [-0.1, -0.05) is 18.2 Å². The Morgan fingerprint density at radius 3 is 2.63 bits per heavy atom. The first kappa shape index (κ1) is 16.9. The molecule has 27 heavy (non-hydrogen) atoms. The van der Waals surface area contributed by atoms with Gasteiger partial charge in [-0.2, -0.15) is 5.26 Å². The summed E-state index contributed by atoms with van der Waals surface area (Å²) in [6.45, 7) is 2.82. The van der Waals surface area contributed by atoms with E-state index in [0.29, 0.717) is 42.1 Å². The molecule has 0 saturated heterocycles. The number of rotatable bonds is 2. The zero-order valence-corrected chi connectivity index (χ0v) is 14.8. The molecule has 0 saturated carbocycles. The number of aromatic nitrogens is 1. The molecule has 1 aliphatic rings. The Morgan fingerprint density at radius 2 is 2.00 bits per heavy atom. The number of carbonyl (C=O) groups is 1. The van der Waals surface area contributed by atoms with Crippen molar-refractivity contribution in [3.05, 3.63) is 59.2 Å². The van der Waals surface area contributed by atoms with Crippen molar-refractivity contribution < 1.29 is 14.3 Å². The molecule has 134 valence electrons. The van der Waals surface area contributed by atoms with Crippen molar-refractivity contribution in [1.82, 2.24) is 9.88 Å². The summed E-state index contributed by atoms with van der Waals surface area (Å²) < 4.78 is 5.90. The van der Waals surface area contributed by atoms with E-state index in [0.717, 1.165) is 22.3 Å². The lowest BCUT2D eigenvalue weighted by Crippen LogP contribution is -2.33. The fraction of sp³-hybridized carbons (Fsp3) is 0.190. The van der Waals surface area contributed by atoms with E-state index in [2.05, 4.69) is 11.1 Å². The molecule has 2 heterocycles. The van der Waals surface area contributed by atoms with Gasteiger partial charge in [0, 0.05) is 18.7 Å². The van der Waals surface area contributed by atoms with Gasteiger partial charge in [0.15, 0.2) is 5.58 Å². The number of nitrogens with zero attached hydrogens (tertiary/aromatic N) is 3. The number of oxazole rings is 1. The second kappa shape index (κ2) is 6.61. The Kier molecular flexibility index (Phi) is 4.13. The maximum Gasteiger partial charge on any atom is 0.407 e. The van der Waals surface area contributed by atoms with E-state index >= 15 is 0 Å². The van der Waals surface area contributed by atoms with Gasteiger partial charge in [0.25, 0.3) is 0 Å². The smallest absolute Gasteiger partial charge is 0.407 e. The Bertz CT molecular complexity index is 1100. The van der Waals surface area contributed by atoms with Gasteiger partial charge < -0.3 is 14.4 Å². The normalized spacial score (nSPS) is 14.1. The SMILES string of the molecule is Cc1cc(C#N)cc2nc(-c3ccc(C4=CCN(C(=O)O)CC4)cc3)oc12. The maximum atomic E-state index is 11.0.